The second kappa shape index (κ2) is 11.8. The van der Waals surface area contributed by atoms with Crippen LogP contribution in [0.1, 0.15) is 46.2 Å². The molecule has 1 aliphatic rings. The lowest BCUT2D eigenvalue weighted by Crippen LogP contribution is -2.48. The van der Waals surface area contributed by atoms with Crippen LogP contribution in [0.5, 0.6) is 0 Å². The van der Waals surface area contributed by atoms with Crippen LogP contribution in [0, 0.1) is 13.8 Å². The van der Waals surface area contributed by atoms with Crippen molar-refractivity contribution in [2.24, 2.45) is 0 Å². The van der Waals surface area contributed by atoms with Gasteiger partial charge >= 0.3 is 5.97 Å². The van der Waals surface area contributed by atoms with Gasteiger partial charge in [-0.3, -0.25) is 14.6 Å². The van der Waals surface area contributed by atoms with Gasteiger partial charge in [0.15, 0.2) is 0 Å². The summed E-state index contributed by atoms with van der Waals surface area (Å²) in [5.74, 6) is -0.268. The van der Waals surface area contributed by atoms with E-state index in [1.807, 2.05) is 13.8 Å². The second-order valence-electron chi connectivity index (χ2n) is 8.40. The summed E-state index contributed by atoms with van der Waals surface area (Å²) in [6, 6.07) is 10.6. The number of ether oxygens (including phenoxy) is 1. The van der Waals surface area contributed by atoms with Crippen molar-refractivity contribution in [3.63, 3.8) is 0 Å². The van der Waals surface area contributed by atoms with Gasteiger partial charge in [-0.15, -0.1) is 0 Å². The van der Waals surface area contributed by atoms with Crippen LogP contribution < -0.4 is 5.32 Å². The minimum Gasteiger partial charge on any atom is -0.462 e. The van der Waals surface area contributed by atoms with E-state index in [2.05, 4.69) is 50.4 Å². The lowest BCUT2D eigenvalue weighted by molar-refractivity contribution is -0.121. The number of piperazine rings is 1. The lowest BCUT2D eigenvalue weighted by Gasteiger charge is -2.34. The zero-order chi connectivity index (χ0) is 22.9. The maximum atomic E-state index is 12.3. The van der Waals surface area contributed by atoms with Crippen LogP contribution >= 0.6 is 0 Å². The molecule has 0 bridgehead atoms. The fourth-order valence-electron chi connectivity index (χ4n) is 4.27. The van der Waals surface area contributed by atoms with Crippen LogP contribution in [-0.4, -0.2) is 72.5 Å². The van der Waals surface area contributed by atoms with Gasteiger partial charge < -0.3 is 15.0 Å². The first-order chi connectivity index (χ1) is 15.5. The number of aromatic nitrogens is 1. The largest absolute Gasteiger partial charge is 0.462 e. The van der Waals surface area contributed by atoms with Crippen molar-refractivity contribution in [2.75, 3.05) is 45.9 Å². The summed E-state index contributed by atoms with van der Waals surface area (Å²) >= 11 is 0. The van der Waals surface area contributed by atoms with E-state index >= 15 is 0 Å². The van der Waals surface area contributed by atoms with Gasteiger partial charge in [-0.05, 0) is 38.3 Å². The molecule has 0 unspecified atom stereocenters. The summed E-state index contributed by atoms with van der Waals surface area (Å²) in [4.78, 5) is 32.6. The van der Waals surface area contributed by atoms with Gasteiger partial charge in [0.05, 0.1) is 12.2 Å². The van der Waals surface area contributed by atoms with Gasteiger partial charge in [0.25, 0.3) is 0 Å². The number of hydrogen-bond donors (Lipinski definition) is 2. The third-order valence-corrected chi connectivity index (χ3v) is 6.09. The third-order valence-electron chi connectivity index (χ3n) is 6.09. The first-order valence-corrected chi connectivity index (χ1v) is 11.6. The summed E-state index contributed by atoms with van der Waals surface area (Å²) in [6.45, 7) is 12.6. The van der Waals surface area contributed by atoms with Crippen molar-refractivity contribution in [3.05, 3.63) is 58.4 Å². The summed E-state index contributed by atoms with van der Waals surface area (Å²) in [5, 5.41) is 3.04. The molecule has 7 nitrogen and oxygen atoms in total. The minimum absolute atomic E-state index is 0.0389. The van der Waals surface area contributed by atoms with E-state index in [1.165, 1.54) is 5.56 Å². The molecule has 3 rings (SSSR count). The molecule has 2 heterocycles. The molecule has 2 N–H and O–H groups in total. The predicted octanol–water partition coefficient (Wildman–Crippen LogP) is 2.67. The molecular formula is C25H36N4O3. The normalized spacial score (nSPS) is 15.0. The van der Waals surface area contributed by atoms with E-state index in [-0.39, 0.29) is 11.9 Å². The first-order valence-electron chi connectivity index (χ1n) is 11.6. The molecule has 7 heteroatoms. The highest BCUT2D eigenvalue weighted by Gasteiger charge is 2.20. The number of hydrogen-bond acceptors (Lipinski definition) is 5. The molecule has 0 atom stereocenters. The number of H-pyrrole nitrogens is 1. The Kier molecular flexibility index (Phi) is 8.88. The van der Waals surface area contributed by atoms with Crippen LogP contribution in [0.4, 0.5) is 0 Å². The zero-order valence-electron chi connectivity index (χ0n) is 19.6. The Labute approximate surface area is 191 Å². The molecule has 1 aliphatic heterocycles. The highest BCUT2D eigenvalue weighted by Crippen LogP contribution is 2.20. The Bertz CT molecular complexity index is 886. The Morgan fingerprint density at radius 2 is 1.75 bits per heavy atom. The van der Waals surface area contributed by atoms with E-state index in [9.17, 15) is 9.59 Å². The van der Waals surface area contributed by atoms with Crippen molar-refractivity contribution in [1.29, 1.82) is 0 Å². The number of rotatable bonds is 10. The predicted molar refractivity (Wildman–Crippen MR) is 126 cm³/mol. The van der Waals surface area contributed by atoms with E-state index in [1.54, 1.807) is 6.92 Å². The Morgan fingerprint density at radius 3 is 2.44 bits per heavy atom. The maximum absolute atomic E-state index is 12.3. The standard InChI is InChI=1S/C25H36N4O3/c1-4-32-25(31)24-19(2)22(27-20(24)3)10-11-23(30)26-12-13-28-14-16-29(17-15-28)18-21-8-6-5-7-9-21/h5-9,27H,4,10-18H2,1-3H3,(H,26,30). The number of benzene rings is 1. The van der Waals surface area contributed by atoms with Crippen LogP contribution in [-0.2, 0) is 22.5 Å². The Balaban J connectivity index is 1.34. The van der Waals surface area contributed by atoms with Gasteiger partial charge in [0.2, 0.25) is 5.91 Å². The lowest BCUT2D eigenvalue weighted by atomic mass is 10.1. The van der Waals surface area contributed by atoms with Gasteiger partial charge in [-0.25, -0.2) is 4.79 Å². The Hall–Kier alpha value is -2.64. The number of esters is 1. The van der Waals surface area contributed by atoms with E-state index < -0.39 is 0 Å². The van der Waals surface area contributed by atoms with Crippen LogP contribution in [0.3, 0.4) is 0 Å². The number of aryl methyl sites for hydroxylation is 2. The van der Waals surface area contributed by atoms with Crippen molar-refractivity contribution >= 4 is 11.9 Å². The SMILES string of the molecule is CCOC(=O)c1c(C)[nH]c(CCC(=O)NCCN2CCN(Cc3ccccc3)CC2)c1C. The zero-order valence-corrected chi connectivity index (χ0v) is 19.6. The number of nitrogens with one attached hydrogen (secondary N) is 2. The van der Waals surface area contributed by atoms with E-state index in [4.69, 9.17) is 4.74 Å². The molecule has 174 valence electrons. The molecule has 0 saturated carbocycles. The average Bonchev–Trinajstić information content (AvgIpc) is 3.07. The average molecular weight is 441 g/mol. The van der Waals surface area contributed by atoms with Gasteiger partial charge in [0.1, 0.15) is 0 Å². The van der Waals surface area contributed by atoms with Crippen LogP contribution in [0.15, 0.2) is 30.3 Å². The van der Waals surface area contributed by atoms with Crippen LogP contribution in [0.25, 0.3) is 0 Å². The van der Waals surface area contributed by atoms with Gasteiger partial charge in [0, 0.05) is 63.6 Å². The molecule has 1 aromatic heterocycles. The first kappa shape index (κ1) is 24.0. The number of carbonyl (C=O) groups is 2. The fourth-order valence-corrected chi connectivity index (χ4v) is 4.27. The monoisotopic (exact) mass is 440 g/mol. The van der Waals surface area contributed by atoms with Crippen molar-refractivity contribution < 1.29 is 14.3 Å². The quantitative estimate of drug-likeness (QED) is 0.556. The topological polar surface area (TPSA) is 77.7 Å². The fraction of sp³-hybridized carbons (Fsp3) is 0.520. The van der Waals surface area contributed by atoms with Gasteiger partial charge in [-0.1, -0.05) is 30.3 Å². The molecule has 1 saturated heterocycles. The summed E-state index contributed by atoms with van der Waals surface area (Å²) in [5.41, 5.74) is 4.55. The molecule has 1 fully saturated rings. The van der Waals surface area contributed by atoms with E-state index in [0.29, 0.717) is 31.6 Å². The molecule has 2 aromatic rings. The van der Waals surface area contributed by atoms with Crippen LogP contribution in [0.2, 0.25) is 0 Å². The van der Waals surface area contributed by atoms with Crippen molar-refractivity contribution in [3.8, 4) is 0 Å². The molecule has 1 aromatic carbocycles. The smallest absolute Gasteiger partial charge is 0.340 e. The number of amides is 1. The molecule has 1 amide bonds. The number of carbonyl (C=O) groups excluding carboxylic acids is 2. The van der Waals surface area contributed by atoms with E-state index in [0.717, 1.165) is 56.2 Å². The molecule has 0 spiro atoms. The number of nitrogens with zero attached hydrogens (tertiary/aromatic N) is 2. The molecular weight excluding hydrogens is 404 g/mol. The summed E-state index contributed by atoms with van der Waals surface area (Å²) in [6.07, 6.45) is 0.976. The van der Waals surface area contributed by atoms with Crippen molar-refractivity contribution in [2.45, 2.75) is 40.2 Å². The highest BCUT2D eigenvalue weighted by molar-refractivity contribution is 5.92. The third kappa shape index (κ3) is 6.68. The number of aromatic amines is 1. The van der Waals surface area contributed by atoms with Crippen molar-refractivity contribution in [1.82, 2.24) is 20.1 Å². The second-order valence-corrected chi connectivity index (χ2v) is 8.40. The molecule has 32 heavy (non-hydrogen) atoms. The molecule has 0 aliphatic carbocycles. The van der Waals surface area contributed by atoms with Gasteiger partial charge in [-0.2, -0.15) is 0 Å². The Morgan fingerprint density at radius 1 is 1.06 bits per heavy atom. The summed E-state index contributed by atoms with van der Waals surface area (Å²) in [7, 11) is 0. The maximum Gasteiger partial charge on any atom is 0.340 e. The summed E-state index contributed by atoms with van der Waals surface area (Å²) < 4.78 is 5.13. The molecule has 0 radical (unpaired) electrons. The highest BCUT2D eigenvalue weighted by atomic mass is 16.5. The minimum atomic E-state index is -0.307.